The molecule has 2 rings (SSSR count). The maximum Gasteiger partial charge on any atom is 0.354 e. The lowest BCUT2D eigenvalue weighted by Crippen LogP contribution is -2.09. The largest absolute Gasteiger partial charge is 0.434 e. The first-order valence-electron chi connectivity index (χ1n) is 7.67. The van der Waals surface area contributed by atoms with E-state index < -0.39 is 4.92 Å². The normalized spacial score (nSPS) is 10.4. The molecule has 2 aromatic rings. The topological polar surface area (TPSA) is 77.3 Å². The van der Waals surface area contributed by atoms with E-state index in [4.69, 9.17) is 4.74 Å². The lowest BCUT2D eigenvalue weighted by Gasteiger charge is -2.14. The molecule has 1 N–H and O–H groups in total. The van der Waals surface area contributed by atoms with Crippen LogP contribution in [0.2, 0.25) is 0 Å². The molecule has 0 unspecified atom stereocenters. The van der Waals surface area contributed by atoms with Gasteiger partial charge in [0.15, 0.2) is 0 Å². The summed E-state index contributed by atoms with van der Waals surface area (Å²) in [5, 5.41) is 14.7. The van der Waals surface area contributed by atoms with Gasteiger partial charge in [0.05, 0.1) is 4.92 Å². The summed E-state index contributed by atoms with van der Waals surface area (Å²) in [6.45, 7) is 6.40. The second kappa shape index (κ2) is 7.58. The molecule has 1 heterocycles. The third-order valence-electron chi connectivity index (χ3n) is 3.60. The minimum absolute atomic E-state index is 0.0169. The lowest BCUT2D eigenvalue weighted by atomic mass is 10.1. The molecule has 0 fully saturated rings. The van der Waals surface area contributed by atoms with Gasteiger partial charge in [-0.2, -0.15) is 0 Å². The van der Waals surface area contributed by atoms with Crippen LogP contribution in [0.25, 0.3) is 0 Å². The molecule has 0 saturated carbocycles. The summed E-state index contributed by atoms with van der Waals surface area (Å²) in [6.07, 6.45) is 1.95. The summed E-state index contributed by atoms with van der Waals surface area (Å²) in [7, 11) is 0. The molecule has 122 valence electrons. The van der Waals surface area contributed by atoms with Crippen LogP contribution in [0.15, 0.2) is 30.3 Å². The summed E-state index contributed by atoms with van der Waals surface area (Å²) in [6, 6.07) is 8.95. The molecule has 1 aromatic heterocycles. The highest BCUT2D eigenvalue weighted by atomic mass is 16.6. The van der Waals surface area contributed by atoms with Gasteiger partial charge in [0.1, 0.15) is 11.4 Å². The van der Waals surface area contributed by atoms with Crippen molar-refractivity contribution in [1.82, 2.24) is 4.98 Å². The van der Waals surface area contributed by atoms with E-state index >= 15 is 0 Å². The molecular weight excluding hydrogens is 294 g/mol. The number of hydrogen-bond acceptors (Lipinski definition) is 5. The number of aromatic nitrogens is 1. The van der Waals surface area contributed by atoms with Crippen molar-refractivity contribution in [3.8, 4) is 11.6 Å². The van der Waals surface area contributed by atoms with Gasteiger partial charge in [-0.1, -0.05) is 31.5 Å². The Morgan fingerprint density at radius 1 is 1.26 bits per heavy atom. The minimum Gasteiger partial charge on any atom is -0.434 e. The van der Waals surface area contributed by atoms with Crippen molar-refractivity contribution in [3.05, 3.63) is 51.7 Å². The summed E-state index contributed by atoms with van der Waals surface area (Å²) in [5.74, 6) is 0.536. The van der Waals surface area contributed by atoms with Gasteiger partial charge in [-0.05, 0) is 32.4 Å². The van der Waals surface area contributed by atoms with Gasteiger partial charge in [-0.3, -0.25) is 10.1 Å². The Hall–Kier alpha value is -2.63. The zero-order valence-electron chi connectivity index (χ0n) is 13.6. The van der Waals surface area contributed by atoms with Crippen molar-refractivity contribution in [3.63, 3.8) is 0 Å². The Kier molecular flexibility index (Phi) is 5.51. The first kappa shape index (κ1) is 16.7. The summed E-state index contributed by atoms with van der Waals surface area (Å²) >= 11 is 0. The molecule has 0 amide bonds. The fraction of sp³-hybridized carbons (Fsp3) is 0.353. The molecule has 6 nitrogen and oxygen atoms in total. The van der Waals surface area contributed by atoms with Crippen molar-refractivity contribution in [2.24, 2.45) is 0 Å². The average Bonchev–Trinajstić information content (AvgIpc) is 2.52. The number of pyridine rings is 1. The molecule has 0 bridgehead atoms. The van der Waals surface area contributed by atoms with Gasteiger partial charge in [-0.25, -0.2) is 4.98 Å². The number of para-hydroxylation sites is 1. The standard InChI is InChI=1S/C17H21N3O3/c1-4-5-11-18-15-12(2)13(3)19-17(16(15)20(21)22)23-14-9-7-6-8-10-14/h6-10H,4-5,11H2,1-3H3,(H,18,19). The Bertz CT molecular complexity index is 687. The fourth-order valence-corrected chi connectivity index (χ4v) is 2.20. The second-order valence-corrected chi connectivity index (χ2v) is 5.30. The molecular formula is C17H21N3O3. The number of ether oxygens (including phenoxy) is 1. The van der Waals surface area contributed by atoms with Gasteiger partial charge in [0.25, 0.3) is 0 Å². The second-order valence-electron chi connectivity index (χ2n) is 5.30. The van der Waals surface area contributed by atoms with Crippen LogP contribution in [0.5, 0.6) is 11.6 Å². The third-order valence-corrected chi connectivity index (χ3v) is 3.60. The number of benzene rings is 1. The Morgan fingerprint density at radius 3 is 2.57 bits per heavy atom. The van der Waals surface area contributed by atoms with Crippen LogP contribution in [-0.2, 0) is 0 Å². The van der Waals surface area contributed by atoms with Crippen LogP contribution in [0.3, 0.4) is 0 Å². The molecule has 6 heteroatoms. The Balaban J connectivity index is 2.46. The van der Waals surface area contributed by atoms with Crippen LogP contribution in [-0.4, -0.2) is 16.5 Å². The quantitative estimate of drug-likeness (QED) is 0.458. The van der Waals surface area contributed by atoms with Gasteiger partial charge in [0, 0.05) is 17.8 Å². The van der Waals surface area contributed by atoms with E-state index in [9.17, 15) is 10.1 Å². The molecule has 0 spiro atoms. The Labute approximate surface area is 135 Å². The Morgan fingerprint density at radius 2 is 1.96 bits per heavy atom. The molecule has 0 aliphatic carbocycles. The predicted molar refractivity (Wildman–Crippen MR) is 90.3 cm³/mol. The maximum atomic E-state index is 11.6. The molecule has 0 aliphatic heterocycles. The van der Waals surface area contributed by atoms with E-state index in [1.807, 2.05) is 32.0 Å². The maximum absolute atomic E-state index is 11.6. The number of nitro groups is 1. The van der Waals surface area contributed by atoms with Crippen LogP contribution < -0.4 is 10.1 Å². The molecule has 1 aromatic carbocycles. The van der Waals surface area contributed by atoms with E-state index in [1.165, 1.54) is 0 Å². The third kappa shape index (κ3) is 3.97. The summed E-state index contributed by atoms with van der Waals surface area (Å²) in [5.41, 5.74) is 1.85. The van der Waals surface area contributed by atoms with Gasteiger partial charge in [0.2, 0.25) is 0 Å². The van der Waals surface area contributed by atoms with Gasteiger partial charge in [-0.15, -0.1) is 0 Å². The van der Waals surface area contributed by atoms with Gasteiger partial charge < -0.3 is 10.1 Å². The highest BCUT2D eigenvalue weighted by Gasteiger charge is 2.27. The molecule has 23 heavy (non-hydrogen) atoms. The average molecular weight is 315 g/mol. The number of hydrogen-bond donors (Lipinski definition) is 1. The number of anilines is 1. The zero-order chi connectivity index (χ0) is 16.8. The first-order valence-corrected chi connectivity index (χ1v) is 7.67. The fourth-order valence-electron chi connectivity index (χ4n) is 2.20. The number of aryl methyl sites for hydroxylation is 1. The van der Waals surface area contributed by atoms with E-state index in [0.717, 1.165) is 18.4 Å². The molecule has 0 radical (unpaired) electrons. The van der Waals surface area contributed by atoms with Crippen molar-refractivity contribution in [2.45, 2.75) is 33.6 Å². The zero-order valence-corrected chi connectivity index (χ0v) is 13.6. The van der Waals surface area contributed by atoms with Crippen molar-refractivity contribution >= 4 is 11.4 Å². The van der Waals surface area contributed by atoms with Crippen LogP contribution in [0, 0.1) is 24.0 Å². The van der Waals surface area contributed by atoms with Crippen molar-refractivity contribution < 1.29 is 9.66 Å². The number of nitrogens with zero attached hydrogens (tertiary/aromatic N) is 2. The van der Waals surface area contributed by atoms with E-state index in [-0.39, 0.29) is 11.6 Å². The number of unbranched alkanes of at least 4 members (excludes halogenated alkanes) is 1. The minimum atomic E-state index is -0.438. The van der Waals surface area contributed by atoms with E-state index in [2.05, 4.69) is 17.2 Å². The summed E-state index contributed by atoms with van der Waals surface area (Å²) in [4.78, 5) is 15.4. The van der Waals surface area contributed by atoms with E-state index in [1.54, 1.807) is 12.1 Å². The SMILES string of the molecule is CCCCNc1c(C)c(C)nc(Oc2ccccc2)c1[N+](=O)[O-]. The first-order chi connectivity index (χ1) is 11.0. The van der Waals surface area contributed by atoms with Crippen LogP contribution >= 0.6 is 0 Å². The monoisotopic (exact) mass is 315 g/mol. The lowest BCUT2D eigenvalue weighted by molar-refractivity contribution is -0.385. The smallest absolute Gasteiger partial charge is 0.354 e. The van der Waals surface area contributed by atoms with Crippen LogP contribution in [0.4, 0.5) is 11.4 Å². The van der Waals surface area contributed by atoms with Crippen molar-refractivity contribution in [1.29, 1.82) is 0 Å². The number of rotatable bonds is 7. The molecule has 0 saturated heterocycles. The molecule has 0 aliphatic rings. The van der Waals surface area contributed by atoms with Crippen molar-refractivity contribution in [2.75, 3.05) is 11.9 Å². The summed E-state index contributed by atoms with van der Waals surface area (Å²) < 4.78 is 5.66. The highest BCUT2D eigenvalue weighted by Crippen LogP contribution is 2.39. The van der Waals surface area contributed by atoms with Crippen LogP contribution in [0.1, 0.15) is 31.0 Å². The van der Waals surface area contributed by atoms with E-state index in [0.29, 0.717) is 23.7 Å². The van der Waals surface area contributed by atoms with Gasteiger partial charge >= 0.3 is 11.6 Å². The predicted octanol–water partition coefficient (Wildman–Crippen LogP) is 4.61. The highest BCUT2D eigenvalue weighted by molar-refractivity contribution is 5.71. The molecule has 0 atom stereocenters. The number of nitrogens with one attached hydrogen (secondary N) is 1.